The van der Waals surface area contributed by atoms with Crippen molar-refractivity contribution < 1.29 is 4.79 Å². The quantitative estimate of drug-likeness (QED) is 0.739. The van der Waals surface area contributed by atoms with Crippen LogP contribution in [0.2, 0.25) is 0 Å². The van der Waals surface area contributed by atoms with Gasteiger partial charge in [0.2, 0.25) is 0 Å². The fraction of sp³-hybridized carbons (Fsp3) is 0.154. The van der Waals surface area contributed by atoms with Gasteiger partial charge in [0, 0.05) is 24.5 Å². The summed E-state index contributed by atoms with van der Waals surface area (Å²) in [5.74, 6) is -0.123. The number of hydrogen-bond donors (Lipinski definition) is 2. The highest BCUT2D eigenvalue weighted by Crippen LogP contribution is 2.12. The molecule has 0 aliphatic carbocycles. The van der Waals surface area contributed by atoms with E-state index < -0.39 is 0 Å². The minimum absolute atomic E-state index is 0.123. The van der Waals surface area contributed by atoms with Crippen molar-refractivity contribution in [1.29, 1.82) is 0 Å². The van der Waals surface area contributed by atoms with Gasteiger partial charge in [0.15, 0.2) is 0 Å². The van der Waals surface area contributed by atoms with Crippen LogP contribution in [0.4, 0.5) is 0 Å². The monoisotopic (exact) mass is 255 g/mol. The molecule has 96 valence electrons. The Balaban J connectivity index is 1.77. The lowest BCUT2D eigenvalue weighted by Gasteiger charge is -2.04. The molecule has 0 aliphatic rings. The van der Waals surface area contributed by atoms with Crippen molar-refractivity contribution in [3.63, 3.8) is 0 Å². The lowest BCUT2D eigenvalue weighted by Crippen LogP contribution is -2.22. The molecule has 0 saturated carbocycles. The van der Waals surface area contributed by atoms with Crippen LogP contribution in [0.1, 0.15) is 16.1 Å². The summed E-state index contributed by atoms with van der Waals surface area (Å²) >= 11 is 0. The maximum absolute atomic E-state index is 12.0. The molecule has 0 saturated heterocycles. The molecule has 0 fully saturated rings. The molecule has 0 unspecified atom stereocenters. The number of H-pyrrole nitrogens is 1. The van der Waals surface area contributed by atoms with Gasteiger partial charge in [0.1, 0.15) is 5.52 Å². The Morgan fingerprint density at radius 1 is 1.42 bits per heavy atom. The summed E-state index contributed by atoms with van der Waals surface area (Å²) in [7, 11) is 1.82. The predicted molar refractivity (Wildman–Crippen MR) is 70.5 cm³/mol. The van der Waals surface area contributed by atoms with Crippen molar-refractivity contribution >= 4 is 16.9 Å². The molecule has 2 N–H and O–H groups in total. The molecular formula is C13H13N5O. The van der Waals surface area contributed by atoms with Gasteiger partial charge in [-0.05, 0) is 30.3 Å². The number of fused-ring (bicyclic) bond motifs is 1. The number of carbonyl (C=O) groups excluding carboxylic acids is 1. The lowest BCUT2D eigenvalue weighted by atomic mass is 10.2. The first-order chi connectivity index (χ1) is 9.24. The number of aromatic amines is 1. The van der Waals surface area contributed by atoms with Gasteiger partial charge >= 0.3 is 0 Å². The van der Waals surface area contributed by atoms with E-state index in [1.54, 1.807) is 16.8 Å². The predicted octanol–water partition coefficient (Wildman–Crippen LogP) is 1.23. The third-order valence-electron chi connectivity index (χ3n) is 2.97. The molecular weight excluding hydrogens is 242 g/mol. The van der Waals surface area contributed by atoms with E-state index in [-0.39, 0.29) is 5.91 Å². The minimum Gasteiger partial charge on any atom is -0.364 e. The van der Waals surface area contributed by atoms with Crippen LogP contribution in [-0.2, 0) is 13.6 Å². The highest BCUT2D eigenvalue weighted by atomic mass is 16.1. The SMILES string of the molecule is Cn1nnc2cc(C(=O)NCc3ccc[nH]3)ccc21. The van der Waals surface area contributed by atoms with Crippen LogP contribution in [0, 0.1) is 0 Å². The summed E-state index contributed by atoms with van der Waals surface area (Å²) in [6.45, 7) is 0.477. The Labute approximate surface area is 109 Å². The molecule has 0 aliphatic heterocycles. The standard InChI is InChI=1S/C13H13N5O/c1-18-12-5-4-9(7-11(12)16-17-18)13(19)15-8-10-3-2-6-14-10/h2-7,14H,8H2,1H3,(H,15,19). The molecule has 0 bridgehead atoms. The Hall–Kier alpha value is -2.63. The molecule has 0 spiro atoms. The van der Waals surface area contributed by atoms with E-state index in [2.05, 4.69) is 20.6 Å². The van der Waals surface area contributed by atoms with Crippen molar-refractivity contribution in [3.8, 4) is 0 Å². The highest BCUT2D eigenvalue weighted by molar-refractivity contribution is 5.97. The summed E-state index contributed by atoms with van der Waals surface area (Å²) in [5, 5.41) is 10.8. The molecule has 1 amide bonds. The third kappa shape index (κ3) is 2.20. The average Bonchev–Trinajstić information content (AvgIpc) is 3.06. The maximum atomic E-state index is 12.0. The Morgan fingerprint density at radius 2 is 2.32 bits per heavy atom. The number of carbonyl (C=O) groups is 1. The molecule has 6 nitrogen and oxygen atoms in total. The molecule has 2 aromatic heterocycles. The number of amides is 1. The maximum Gasteiger partial charge on any atom is 0.251 e. The number of benzene rings is 1. The van der Waals surface area contributed by atoms with Crippen LogP contribution >= 0.6 is 0 Å². The number of nitrogens with one attached hydrogen (secondary N) is 2. The van der Waals surface area contributed by atoms with Crippen molar-refractivity contribution in [2.24, 2.45) is 7.05 Å². The van der Waals surface area contributed by atoms with Crippen LogP contribution in [0.3, 0.4) is 0 Å². The molecule has 0 radical (unpaired) electrons. The molecule has 0 atom stereocenters. The number of aryl methyl sites for hydroxylation is 1. The van der Waals surface area contributed by atoms with Gasteiger partial charge in [-0.2, -0.15) is 0 Å². The van der Waals surface area contributed by atoms with Gasteiger partial charge in [0.25, 0.3) is 5.91 Å². The fourth-order valence-corrected chi connectivity index (χ4v) is 1.94. The van der Waals surface area contributed by atoms with Crippen LogP contribution in [0.5, 0.6) is 0 Å². The van der Waals surface area contributed by atoms with E-state index in [9.17, 15) is 4.79 Å². The molecule has 3 aromatic rings. The van der Waals surface area contributed by atoms with E-state index in [1.807, 2.05) is 31.4 Å². The fourth-order valence-electron chi connectivity index (χ4n) is 1.94. The van der Waals surface area contributed by atoms with Gasteiger partial charge in [-0.1, -0.05) is 5.21 Å². The summed E-state index contributed by atoms with van der Waals surface area (Å²) < 4.78 is 1.68. The lowest BCUT2D eigenvalue weighted by molar-refractivity contribution is 0.0950. The first kappa shape index (κ1) is 11.5. The third-order valence-corrected chi connectivity index (χ3v) is 2.97. The minimum atomic E-state index is -0.123. The van der Waals surface area contributed by atoms with E-state index in [0.29, 0.717) is 12.1 Å². The second-order valence-electron chi connectivity index (χ2n) is 4.29. The largest absolute Gasteiger partial charge is 0.364 e. The van der Waals surface area contributed by atoms with Gasteiger partial charge in [-0.3, -0.25) is 4.79 Å². The number of rotatable bonds is 3. The number of aromatic nitrogens is 4. The summed E-state index contributed by atoms with van der Waals surface area (Å²) in [4.78, 5) is 15.0. The van der Waals surface area contributed by atoms with Crippen LogP contribution < -0.4 is 5.32 Å². The zero-order chi connectivity index (χ0) is 13.2. The van der Waals surface area contributed by atoms with Gasteiger partial charge in [-0.25, -0.2) is 4.68 Å². The Morgan fingerprint density at radius 3 is 3.11 bits per heavy atom. The number of hydrogen-bond acceptors (Lipinski definition) is 3. The Bertz CT molecular complexity index is 714. The molecule has 6 heteroatoms. The summed E-state index contributed by atoms with van der Waals surface area (Å²) in [6, 6.07) is 9.18. The van der Waals surface area contributed by atoms with Gasteiger partial charge < -0.3 is 10.3 Å². The first-order valence-corrected chi connectivity index (χ1v) is 5.94. The van der Waals surface area contributed by atoms with Crippen molar-refractivity contribution in [2.45, 2.75) is 6.54 Å². The van der Waals surface area contributed by atoms with Crippen molar-refractivity contribution in [2.75, 3.05) is 0 Å². The van der Waals surface area contributed by atoms with Crippen LogP contribution in [0.25, 0.3) is 11.0 Å². The molecule has 19 heavy (non-hydrogen) atoms. The van der Waals surface area contributed by atoms with Gasteiger partial charge in [0.05, 0.1) is 12.1 Å². The average molecular weight is 255 g/mol. The highest BCUT2D eigenvalue weighted by Gasteiger charge is 2.08. The van der Waals surface area contributed by atoms with Gasteiger partial charge in [-0.15, -0.1) is 5.10 Å². The van der Waals surface area contributed by atoms with E-state index in [1.165, 1.54) is 0 Å². The zero-order valence-electron chi connectivity index (χ0n) is 10.4. The second-order valence-corrected chi connectivity index (χ2v) is 4.29. The van der Waals surface area contributed by atoms with Crippen molar-refractivity contribution in [1.82, 2.24) is 25.3 Å². The second kappa shape index (κ2) is 4.56. The van der Waals surface area contributed by atoms with Crippen molar-refractivity contribution in [3.05, 3.63) is 47.8 Å². The Kier molecular flexibility index (Phi) is 2.75. The number of nitrogens with zero attached hydrogens (tertiary/aromatic N) is 3. The smallest absolute Gasteiger partial charge is 0.251 e. The van der Waals surface area contributed by atoms with Crippen LogP contribution in [-0.4, -0.2) is 25.9 Å². The summed E-state index contributed by atoms with van der Waals surface area (Å²) in [6.07, 6.45) is 1.83. The van der Waals surface area contributed by atoms with Crippen LogP contribution in [0.15, 0.2) is 36.5 Å². The van der Waals surface area contributed by atoms with E-state index >= 15 is 0 Å². The van der Waals surface area contributed by atoms with E-state index in [4.69, 9.17) is 0 Å². The first-order valence-electron chi connectivity index (χ1n) is 5.94. The zero-order valence-corrected chi connectivity index (χ0v) is 10.4. The summed E-state index contributed by atoms with van der Waals surface area (Å²) in [5.41, 5.74) is 3.17. The molecule has 3 rings (SSSR count). The molecule has 2 heterocycles. The van der Waals surface area contributed by atoms with E-state index in [0.717, 1.165) is 16.7 Å². The normalized spacial score (nSPS) is 10.8. The molecule has 1 aromatic carbocycles. The topological polar surface area (TPSA) is 75.6 Å².